The first-order valence-corrected chi connectivity index (χ1v) is 21.4. The van der Waals surface area contributed by atoms with Gasteiger partial charge in [-0.3, -0.25) is 0 Å². The first-order valence-electron chi connectivity index (χ1n) is 17.3. The van der Waals surface area contributed by atoms with Crippen LogP contribution in [0.2, 0.25) is 8.87 Å². The van der Waals surface area contributed by atoms with Gasteiger partial charge >= 0.3 is 119 Å². The number of rotatable bonds is 26. The minimum atomic E-state index is -1.19. The van der Waals surface area contributed by atoms with E-state index in [2.05, 4.69) is 41.5 Å². The molecule has 45 heavy (non-hydrogen) atoms. The first kappa shape index (κ1) is 47.6. The number of carboxylic acid groups (broad SMARTS) is 4. The van der Waals surface area contributed by atoms with Gasteiger partial charge in [-0.25, -0.2) is 19.2 Å². The monoisotopic (exact) mass is 746 g/mol. The van der Waals surface area contributed by atoms with Crippen LogP contribution in [0.3, 0.4) is 0 Å². The second kappa shape index (κ2) is 35.0. The van der Waals surface area contributed by atoms with Crippen molar-refractivity contribution in [2.75, 3.05) is 0 Å². The zero-order valence-electron chi connectivity index (χ0n) is 29.4. The molecule has 9 heteroatoms. The van der Waals surface area contributed by atoms with Gasteiger partial charge in [-0.1, -0.05) is 66.2 Å². The van der Waals surface area contributed by atoms with E-state index in [-0.39, 0.29) is 32.3 Å². The maximum atomic E-state index is 10.7. The molecule has 0 fully saturated rings. The van der Waals surface area contributed by atoms with E-state index < -0.39 is 23.9 Å². The third-order valence-electron chi connectivity index (χ3n) is 7.01. The Hall–Kier alpha value is -1.84. The van der Waals surface area contributed by atoms with Crippen LogP contribution in [0.4, 0.5) is 0 Å². The van der Waals surface area contributed by atoms with Crippen molar-refractivity contribution in [2.45, 2.75) is 166 Å². The Morgan fingerprint density at radius 1 is 0.511 bits per heavy atom. The van der Waals surface area contributed by atoms with Gasteiger partial charge in [-0.05, 0) is 37.5 Å². The molecule has 0 spiro atoms. The first-order chi connectivity index (χ1) is 21.3. The van der Waals surface area contributed by atoms with Crippen molar-refractivity contribution >= 4 is 45.0 Å². The van der Waals surface area contributed by atoms with Gasteiger partial charge in [0.2, 0.25) is 0 Å². The number of hydrogen-bond acceptors (Lipinski definition) is 4. The third kappa shape index (κ3) is 42.2. The predicted octanol–water partition coefficient (Wildman–Crippen LogP) is 10.1. The molecule has 0 aliphatic heterocycles. The fraction of sp³-hybridized carbons (Fsp3) is 0.778. The van der Waals surface area contributed by atoms with Gasteiger partial charge in [-0.2, -0.15) is 0 Å². The van der Waals surface area contributed by atoms with Gasteiger partial charge in [0, 0.05) is 23.3 Å². The molecule has 0 heterocycles. The van der Waals surface area contributed by atoms with Crippen molar-refractivity contribution in [1.82, 2.24) is 0 Å². The number of hydrogen-bond donors (Lipinski definition) is 4. The summed E-state index contributed by atoms with van der Waals surface area (Å²) in [5.74, 6) is -3.33. The van der Waals surface area contributed by atoms with Crippen molar-refractivity contribution in [3.05, 3.63) is 23.3 Å². The standard InChI is InChI=1S/2C12H20O4.2C6H13.Sn/c2*1-9(2)6-4-3-5-7-10(12(15)16)8-11(13)14;2*1-3-5-6-4-2;/h2*8-9H,3-7H2,1-2H3,(H,13,14)(H,15,16);2*1,3-6H2,2H3;/b2*10-8-;;;. The number of carbonyl (C=O) groups is 4. The van der Waals surface area contributed by atoms with Crippen LogP contribution in [-0.4, -0.2) is 65.4 Å². The van der Waals surface area contributed by atoms with E-state index in [1.165, 1.54) is 38.5 Å². The summed E-state index contributed by atoms with van der Waals surface area (Å²) in [6.07, 6.45) is 21.8. The Kier molecular flexibility index (Phi) is 37.0. The van der Waals surface area contributed by atoms with Crippen LogP contribution >= 0.6 is 0 Å². The van der Waals surface area contributed by atoms with Crippen LogP contribution in [0.15, 0.2) is 23.3 Å². The molecule has 0 unspecified atom stereocenters. The van der Waals surface area contributed by atoms with Crippen LogP contribution in [0.25, 0.3) is 0 Å². The van der Waals surface area contributed by atoms with Crippen molar-refractivity contribution in [2.24, 2.45) is 11.8 Å². The van der Waals surface area contributed by atoms with E-state index in [1.54, 1.807) is 21.7 Å². The second-order valence-electron chi connectivity index (χ2n) is 12.5. The van der Waals surface area contributed by atoms with Crippen molar-refractivity contribution in [1.29, 1.82) is 0 Å². The summed E-state index contributed by atoms with van der Waals surface area (Å²) >= 11 is 0.104. The third-order valence-corrected chi connectivity index (χ3v) is 11.1. The molecule has 0 saturated carbocycles. The van der Waals surface area contributed by atoms with Gasteiger partial charge < -0.3 is 20.4 Å². The average molecular weight is 746 g/mol. The van der Waals surface area contributed by atoms with Crippen LogP contribution in [0.1, 0.15) is 157 Å². The molecule has 0 rings (SSSR count). The SMILES string of the molecule is CC(C)CCCCC/C(=C/C(=O)O)C(=O)O.CC(C)CCCCC/C(=C/C(=O)O)C(=O)O.CCCCC[CH2][Sn][CH2]CCCCC. The fourth-order valence-corrected chi connectivity index (χ4v) is 7.92. The molecule has 0 aromatic heterocycles. The Bertz CT molecular complexity index is 752. The van der Waals surface area contributed by atoms with Crippen molar-refractivity contribution < 1.29 is 39.6 Å². The van der Waals surface area contributed by atoms with E-state index in [0.29, 0.717) is 24.7 Å². The van der Waals surface area contributed by atoms with Gasteiger partial charge in [0.15, 0.2) is 0 Å². The zero-order valence-corrected chi connectivity index (χ0v) is 32.2. The Labute approximate surface area is 284 Å². The summed E-state index contributed by atoms with van der Waals surface area (Å²) in [6.45, 7) is 13.2. The van der Waals surface area contributed by atoms with Gasteiger partial charge in [0.25, 0.3) is 0 Å². The number of aliphatic carboxylic acids is 4. The molecule has 0 aliphatic carbocycles. The molecular weight excluding hydrogens is 679 g/mol. The summed E-state index contributed by atoms with van der Waals surface area (Å²) in [4.78, 5) is 42.1. The van der Waals surface area contributed by atoms with Crippen LogP contribution < -0.4 is 0 Å². The van der Waals surface area contributed by atoms with Gasteiger partial charge in [-0.15, -0.1) is 0 Å². The van der Waals surface area contributed by atoms with E-state index in [4.69, 9.17) is 20.4 Å². The number of carboxylic acids is 4. The molecule has 0 bridgehead atoms. The summed E-state index contributed by atoms with van der Waals surface area (Å²) in [6, 6.07) is 0. The molecule has 4 N–H and O–H groups in total. The molecule has 0 aromatic rings. The topological polar surface area (TPSA) is 149 Å². The van der Waals surface area contributed by atoms with E-state index >= 15 is 0 Å². The van der Waals surface area contributed by atoms with E-state index in [0.717, 1.165) is 63.5 Å². The zero-order chi connectivity index (χ0) is 34.9. The molecule has 262 valence electrons. The van der Waals surface area contributed by atoms with Crippen LogP contribution in [-0.2, 0) is 19.2 Å². The molecular formula is C36H66O8Sn. The Balaban J connectivity index is -0.000000592. The number of unbranched alkanes of at least 4 members (excludes halogenated alkanes) is 10. The Morgan fingerprint density at radius 2 is 0.844 bits per heavy atom. The minimum absolute atomic E-state index is 0.0166. The van der Waals surface area contributed by atoms with Crippen LogP contribution in [0.5, 0.6) is 0 Å². The fourth-order valence-electron chi connectivity index (χ4n) is 4.35. The van der Waals surface area contributed by atoms with Crippen molar-refractivity contribution in [3.63, 3.8) is 0 Å². The predicted molar refractivity (Wildman–Crippen MR) is 186 cm³/mol. The van der Waals surface area contributed by atoms with Crippen LogP contribution in [0, 0.1) is 11.8 Å². The Morgan fingerprint density at radius 3 is 1.11 bits per heavy atom. The summed E-state index contributed by atoms with van der Waals surface area (Å²) in [5.41, 5.74) is -0.0332. The molecule has 2 radical (unpaired) electrons. The van der Waals surface area contributed by atoms with Crippen molar-refractivity contribution in [3.8, 4) is 0 Å². The van der Waals surface area contributed by atoms with E-state index in [1.807, 2.05) is 0 Å². The summed E-state index contributed by atoms with van der Waals surface area (Å²) in [5, 5.41) is 34.4. The maximum absolute atomic E-state index is 10.7. The van der Waals surface area contributed by atoms with Gasteiger partial charge in [0.05, 0.1) is 0 Å². The normalized spacial score (nSPS) is 11.5. The van der Waals surface area contributed by atoms with Gasteiger partial charge in [0.1, 0.15) is 0 Å². The summed E-state index contributed by atoms with van der Waals surface area (Å²) in [7, 11) is 0. The molecule has 0 aliphatic rings. The average Bonchev–Trinajstić information content (AvgIpc) is 2.94. The molecule has 0 atom stereocenters. The molecule has 0 aromatic carbocycles. The quantitative estimate of drug-likeness (QED) is 0.0388. The van der Waals surface area contributed by atoms with E-state index in [9.17, 15) is 19.2 Å². The molecule has 8 nitrogen and oxygen atoms in total. The molecule has 0 amide bonds. The summed E-state index contributed by atoms with van der Waals surface area (Å²) < 4.78 is 3.30. The molecule has 0 saturated heterocycles. The second-order valence-corrected chi connectivity index (χ2v) is 16.8.